The summed E-state index contributed by atoms with van der Waals surface area (Å²) in [5.74, 6) is -3.22. The molecule has 10 nitrogen and oxygen atoms in total. The Hall–Kier alpha value is -5.14. The van der Waals surface area contributed by atoms with Gasteiger partial charge in [0.05, 0.1) is 11.2 Å². The highest BCUT2D eigenvalue weighted by molar-refractivity contribution is 6.09. The van der Waals surface area contributed by atoms with Crippen LogP contribution in [0.3, 0.4) is 0 Å². The van der Waals surface area contributed by atoms with Gasteiger partial charge in [-0.2, -0.15) is 18.3 Å². The third-order valence-corrected chi connectivity index (χ3v) is 9.52. The Morgan fingerprint density at radius 1 is 1.02 bits per heavy atom. The van der Waals surface area contributed by atoms with E-state index in [4.69, 9.17) is 0 Å². The predicted molar refractivity (Wildman–Crippen MR) is 168 cm³/mol. The van der Waals surface area contributed by atoms with Gasteiger partial charge in [-0.05, 0) is 80.8 Å². The number of carbonyl (C=O) groups is 3. The van der Waals surface area contributed by atoms with E-state index in [1.54, 1.807) is 21.5 Å². The summed E-state index contributed by atoms with van der Waals surface area (Å²) in [5, 5.41) is 7.52. The Bertz CT molecular complexity index is 2200. The van der Waals surface area contributed by atoms with E-state index in [1.807, 2.05) is 45.2 Å². The van der Waals surface area contributed by atoms with Crippen LogP contribution in [-0.2, 0) is 22.3 Å². The van der Waals surface area contributed by atoms with E-state index in [1.165, 1.54) is 18.7 Å². The van der Waals surface area contributed by atoms with Crippen molar-refractivity contribution in [3.63, 3.8) is 0 Å². The summed E-state index contributed by atoms with van der Waals surface area (Å²) in [6, 6.07) is 5.17. The number of fused-ring (bicyclic) bond motifs is 3. The second kappa shape index (κ2) is 10.7. The van der Waals surface area contributed by atoms with Crippen LogP contribution in [-0.4, -0.2) is 58.7 Å². The average molecular weight is 662 g/mol. The van der Waals surface area contributed by atoms with Crippen LogP contribution in [0.15, 0.2) is 42.9 Å². The number of alkyl halides is 3. The van der Waals surface area contributed by atoms with E-state index in [0.29, 0.717) is 41.0 Å². The lowest BCUT2D eigenvalue weighted by Crippen LogP contribution is -2.46. The molecule has 0 unspecified atom stereocenters. The fourth-order valence-corrected chi connectivity index (χ4v) is 7.07. The Balaban J connectivity index is 1.20. The molecule has 1 saturated carbocycles. The number of Topliss-reactive ketones (excluding diaryl/α,β-unsaturated/α-hetero) is 1. The number of halogens is 4. The molecule has 1 aliphatic heterocycles. The minimum absolute atomic E-state index is 0.0157. The smallest absolute Gasteiger partial charge is 0.337 e. The number of pyridine rings is 1. The van der Waals surface area contributed by atoms with Crippen LogP contribution in [0.4, 0.5) is 23.4 Å². The van der Waals surface area contributed by atoms with Gasteiger partial charge >= 0.3 is 6.18 Å². The van der Waals surface area contributed by atoms with Gasteiger partial charge in [-0.25, -0.2) is 18.9 Å². The van der Waals surface area contributed by atoms with Crippen LogP contribution in [0.25, 0.3) is 27.7 Å². The number of rotatable bonds is 6. The number of carbonyl (C=O) groups excluding carboxylic acids is 3. The van der Waals surface area contributed by atoms with Crippen molar-refractivity contribution in [3.05, 3.63) is 76.8 Å². The lowest BCUT2D eigenvalue weighted by Gasteiger charge is -2.27. The molecule has 14 heteroatoms. The van der Waals surface area contributed by atoms with Crippen molar-refractivity contribution < 1.29 is 31.9 Å². The number of aromatic nitrogens is 5. The lowest BCUT2D eigenvalue weighted by atomic mass is 10.0. The number of likely N-dealkylation sites (tertiary alicyclic amines) is 1. The molecule has 0 spiro atoms. The summed E-state index contributed by atoms with van der Waals surface area (Å²) >= 11 is 0. The van der Waals surface area contributed by atoms with E-state index in [9.17, 15) is 31.9 Å². The fraction of sp³-hybridized carbons (Fsp3) is 0.353. The fourth-order valence-electron chi connectivity index (χ4n) is 7.07. The molecule has 1 aromatic carbocycles. The number of nitrogens with one attached hydrogen (secondary N) is 1. The van der Waals surface area contributed by atoms with Gasteiger partial charge in [0.25, 0.3) is 0 Å². The molecular weight excluding hydrogens is 630 g/mol. The number of aryl methyl sites for hydroxylation is 3. The molecule has 1 N–H and O–H groups in total. The zero-order valence-electron chi connectivity index (χ0n) is 26.7. The van der Waals surface area contributed by atoms with Crippen LogP contribution < -0.4 is 5.32 Å². The van der Waals surface area contributed by atoms with Gasteiger partial charge in [-0.3, -0.25) is 14.4 Å². The van der Waals surface area contributed by atoms with Gasteiger partial charge < -0.3 is 14.8 Å². The van der Waals surface area contributed by atoms with Crippen molar-refractivity contribution >= 4 is 40.0 Å². The third-order valence-electron chi connectivity index (χ3n) is 9.52. The lowest BCUT2D eigenvalue weighted by molar-refractivity contribution is -0.143. The Morgan fingerprint density at radius 2 is 1.77 bits per heavy atom. The molecule has 248 valence electrons. The third kappa shape index (κ3) is 5.19. The first-order chi connectivity index (χ1) is 22.5. The molecule has 0 bridgehead atoms. The van der Waals surface area contributed by atoms with Gasteiger partial charge in [0.15, 0.2) is 22.9 Å². The number of nitrogens with zero attached hydrogens (tertiary/aromatic N) is 6. The van der Waals surface area contributed by atoms with Crippen molar-refractivity contribution in [3.8, 4) is 11.1 Å². The van der Waals surface area contributed by atoms with Crippen LogP contribution in [0.2, 0.25) is 0 Å². The average Bonchev–Trinajstić information content (AvgIpc) is 3.26. The van der Waals surface area contributed by atoms with Crippen molar-refractivity contribution in [2.24, 2.45) is 5.41 Å². The van der Waals surface area contributed by atoms with E-state index < -0.39 is 35.5 Å². The molecule has 2 aliphatic rings. The van der Waals surface area contributed by atoms with Crippen LogP contribution in [0.5, 0.6) is 0 Å². The van der Waals surface area contributed by atoms with E-state index in [0.717, 1.165) is 22.4 Å². The molecule has 2 fully saturated rings. The minimum Gasteiger partial charge on any atom is -0.337 e. The maximum atomic E-state index is 14.0. The normalized spacial score (nSPS) is 20.4. The Morgan fingerprint density at radius 3 is 2.48 bits per heavy atom. The molecule has 1 aliphatic carbocycles. The maximum absolute atomic E-state index is 14.0. The summed E-state index contributed by atoms with van der Waals surface area (Å²) in [5.41, 5.74) is 3.03. The maximum Gasteiger partial charge on any atom is 0.436 e. The number of ketones is 1. The Kier molecular flexibility index (Phi) is 7.01. The number of anilines is 1. The second-order valence-electron chi connectivity index (χ2n) is 13.2. The molecule has 7 rings (SSSR count). The van der Waals surface area contributed by atoms with Crippen molar-refractivity contribution in [2.45, 2.75) is 72.3 Å². The second-order valence-corrected chi connectivity index (χ2v) is 13.2. The standard InChI is InChI=1S/C34H31F4N7O3/c1-16-6-20(21-12-39-27-8-18(3)42-44(27)13-21)9-22-23(19(4)46)14-43(29(16)22)15-28(47)45-25(10-33(5)11-26(33)45)32(48)41-31-17(2)7-24(35)30(40-31)34(36,37)38/h6-9,12-14,25-26H,10-11,15H2,1-5H3,(H,40,41,48)/t25-,26+,33-/m0/s1. The number of piperidine rings is 1. The molecule has 2 amide bonds. The van der Waals surface area contributed by atoms with Crippen molar-refractivity contribution in [1.82, 2.24) is 29.0 Å². The highest BCUT2D eigenvalue weighted by atomic mass is 19.4. The molecule has 0 radical (unpaired) electrons. The topological polar surface area (TPSA) is 114 Å². The number of benzene rings is 1. The largest absolute Gasteiger partial charge is 0.436 e. The summed E-state index contributed by atoms with van der Waals surface area (Å²) in [6.07, 6.45) is 1.18. The number of hydrogen-bond acceptors (Lipinski definition) is 6. The number of hydrogen-bond donors (Lipinski definition) is 1. The monoisotopic (exact) mass is 661 g/mol. The summed E-state index contributed by atoms with van der Waals surface area (Å²) in [6.45, 7) is 8.34. The quantitative estimate of drug-likeness (QED) is 0.175. The molecule has 4 aromatic heterocycles. The molecular formula is C34H31F4N7O3. The number of amides is 2. The summed E-state index contributed by atoms with van der Waals surface area (Å²) in [4.78, 5) is 49.7. The van der Waals surface area contributed by atoms with Crippen molar-refractivity contribution in [1.29, 1.82) is 0 Å². The molecule has 5 aromatic rings. The minimum atomic E-state index is -5.05. The zero-order chi connectivity index (χ0) is 34.4. The SMILES string of the molecule is CC(=O)c1cn(CC(=O)N2[C@H](C(=O)Nc3nc(C(F)(F)F)c(F)cc3C)C[C@@]3(C)C[C@@H]23)c2c(C)cc(-c3cnc4cc(C)nn4c3)cc12. The van der Waals surface area contributed by atoms with E-state index in [-0.39, 0.29) is 35.3 Å². The predicted octanol–water partition coefficient (Wildman–Crippen LogP) is 6.05. The first-order valence-corrected chi connectivity index (χ1v) is 15.4. The molecule has 5 heterocycles. The molecule has 1 saturated heterocycles. The van der Waals surface area contributed by atoms with Crippen LogP contribution >= 0.6 is 0 Å². The van der Waals surface area contributed by atoms with Gasteiger partial charge in [0.1, 0.15) is 18.4 Å². The summed E-state index contributed by atoms with van der Waals surface area (Å²) in [7, 11) is 0. The first kappa shape index (κ1) is 31.5. The van der Waals surface area contributed by atoms with Gasteiger partial charge in [-0.15, -0.1) is 0 Å². The first-order valence-electron chi connectivity index (χ1n) is 15.4. The van der Waals surface area contributed by atoms with Crippen LogP contribution in [0, 0.1) is 32.0 Å². The van der Waals surface area contributed by atoms with E-state index >= 15 is 0 Å². The zero-order valence-corrected chi connectivity index (χ0v) is 26.7. The Labute approximate surface area is 271 Å². The highest BCUT2D eigenvalue weighted by Gasteiger charge is 2.64. The van der Waals surface area contributed by atoms with Gasteiger partial charge in [0, 0.05) is 47.2 Å². The van der Waals surface area contributed by atoms with Crippen molar-refractivity contribution in [2.75, 3.05) is 5.32 Å². The van der Waals surface area contributed by atoms with E-state index in [2.05, 4.69) is 20.4 Å². The van der Waals surface area contributed by atoms with Crippen LogP contribution in [0.1, 0.15) is 59.6 Å². The summed E-state index contributed by atoms with van der Waals surface area (Å²) < 4.78 is 57.4. The molecule has 48 heavy (non-hydrogen) atoms. The molecule has 3 atom stereocenters. The van der Waals surface area contributed by atoms with Gasteiger partial charge in [-0.1, -0.05) is 6.92 Å². The van der Waals surface area contributed by atoms with Gasteiger partial charge in [0.2, 0.25) is 11.8 Å². The highest BCUT2D eigenvalue weighted by Crippen LogP contribution is 2.59.